The van der Waals surface area contributed by atoms with Crippen LogP contribution >= 0.6 is 11.6 Å². The van der Waals surface area contributed by atoms with Crippen LogP contribution in [0.1, 0.15) is 6.92 Å². The number of benzene rings is 1. The lowest BCUT2D eigenvalue weighted by molar-refractivity contribution is 0.198. The summed E-state index contributed by atoms with van der Waals surface area (Å²) in [5.41, 5.74) is 0. The van der Waals surface area contributed by atoms with E-state index < -0.39 is 0 Å². The number of nitrogens with zero attached hydrogens (tertiary/aromatic N) is 1. The number of halogens is 1. The molecule has 1 rings (SSSR count). The van der Waals surface area contributed by atoms with Gasteiger partial charge in [0.2, 0.25) is 0 Å². The molecule has 3 heteroatoms. The van der Waals surface area contributed by atoms with Gasteiger partial charge in [-0.3, -0.25) is 0 Å². The highest BCUT2D eigenvalue weighted by molar-refractivity contribution is 6.30. The molecule has 1 atom stereocenters. The van der Waals surface area contributed by atoms with Crippen molar-refractivity contribution in [2.24, 2.45) is 0 Å². The first-order chi connectivity index (χ1) is 6.59. The van der Waals surface area contributed by atoms with Crippen LogP contribution in [-0.4, -0.2) is 31.6 Å². The Hall–Kier alpha value is -0.730. The smallest absolute Gasteiger partial charge is 0.119 e. The molecule has 78 valence electrons. The van der Waals surface area contributed by atoms with Crippen LogP contribution in [0.2, 0.25) is 5.02 Å². The summed E-state index contributed by atoms with van der Waals surface area (Å²) in [7, 11) is 4.08. The molecule has 0 saturated heterocycles. The van der Waals surface area contributed by atoms with Gasteiger partial charge in [-0.1, -0.05) is 11.6 Å². The highest BCUT2D eigenvalue weighted by Crippen LogP contribution is 2.15. The van der Waals surface area contributed by atoms with Crippen molar-refractivity contribution in [3.63, 3.8) is 0 Å². The molecule has 0 amide bonds. The molecule has 0 heterocycles. The predicted molar refractivity (Wildman–Crippen MR) is 60.1 cm³/mol. The fourth-order valence-electron chi connectivity index (χ4n) is 0.897. The fraction of sp³-hybridized carbons (Fsp3) is 0.455. The van der Waals surface area contributed by atoms with E-state index in [0.717, 1.165) is 10.8 Å². The van der Waals surface area contributed by atoms with Gasteiger partial charge in [0.1, 0.15) is 12.4 Å². The molecule has 0 fully saturated rings. The Balaban J connectivity index is 2.42. The summed E-state index contributed by atoms with van der Waals surface area (Å²) in [6.07, 6.45) is 0. The van der Waals surface area contributed by atoms with Gasteiger partial charge in [-0.15, -0.1) is 0 Å². The van der Waals surface area contributed by atoms with E-state index in [2.05, 4.69) is 11.8 Å². The molecule has 0 spiro atoms. The van der Waals surface area contributed by atoms with Gasteiger partial charge in [-0.25, -0.2) is 0 Å². The SMILES string of the molecule is CC(COc1ccc(Cl)cc1)N(C)C. The van der Waals surface area contributed by atoms with Crippen molar-refractivity contribution in [3.8, 4) is 5.75 Å². The topological polar surface area (TPSA) is 12.5 Å². The molecule has 0 saturated carbocycles. The first kappa shape index (κ1) is 11.3. The van der Waals surface area contributed by atoms with E-state index in [1.165, 1.54) is 0 Å². The van der Waals surface area contributed by atoms with Crippen LogP contribution in [0.15, 0.2) is 24.3 Å². The van der Waals surface area contributed by atoms with E-state index in [1.807, 2.05) is 38.4 Å². The predicted octanol–water partition coefficient (Wildman–Crippen LogP) is 2.67. The van der Waals surface area contributed by atoms with Gasteiger partial charge in [-0.2, -0.15) is 0 Å². The summed E-state index contributed by atoms with van der Waals surface area (Å²) >= 11 is 5.76. The molecule has 0 N–H and O–H groups in total. The van der Waals surface area contributed by atoms with Crippen LogP contribution in [-0.2, 0) is 0 Å². The maximum absolute atomic E-state index is 5.76. The molecule has 14 heavy (non-hydrogen) atoms. The van der Waals surface area contributed by atoms with Gasteiger partial charge in [0.05, 0.1) is 0 Å². The van der Waals surface area contributed by atoms with E-state index in [0.29, 0.717) is 12.6 Å². The fourth-order valence-corrected chi connectivity index (χ4v) is 1.02. The number of ether oxygens (including phenoxy) is 1. The van der Waals surface area contributed by atoms with E-state index in [4.69, 9.17) is 16.3 Å². The standard InChI is InChI=1S/C11H16ClNO/c1-9(13(2)3)8-14-11-6-4-10(12)5-7-11/h4-7,9H,8H2,1-3H3. The van der Waals surface area contributed by atoms with Crippen molar-refractivity contribution in [3.05, 3.63) is 29.3 Å². The van der Waals surface area contributed by atoms with Gasteiger partial charge in [0, 0.05) is 11.1 Å². The highest BCUT2D eigenvalue weighted by atomic mass is 35.5. The van der Waals surface area contributed by atoms with Crippen molar-refractivity contribution in [1.82, 2.24) is 4.90 Å². The first-order valence-corrected chi connectivity index (χ1v) is 5.02. The van der Waals surface area contributed by atoms with Gasteiger partial charge in [0.25, 0.3) is 0 Å². The Morgan fingerprint density at radius 3 is 2.36 bits per heavy atom. The minimum Gasteiger partial charge on any atom is -0.492 e. The molecule has 0 aliphatic heterocycles. The summed E-state index contributed by atoms with van der Waals surface area (Å²) in [6.45, 7) is 2.81. The lowest BCUT2D eigenvalue weighted by Gasteiger charge is -2.19. The minimum atomic E-state index is 0.408. The number of rotatable bonds is 4. The summed E-state index contributed by atoms with van der Waals surface area (Å²) in [4.78, 5) is 2.12. The van der Waals surface area contributed by atoms with Crippen molar-refractivity contribution in [2.75, 3.05) is 20.7 Å². The van der Waals surface area contributed by atoms with Crippen molar-refractivity contribution in [1.29, 1.82) is 0 Å². The maximum atomic E-state index is 5.76. The Labute approximate surface area is 90.4 Å². The molecule has 0 aromatic heterocycles. The quantitative estimate of drug-likeness (QED) is 0.763. The Kier molecular flexibility index (Phi) is 4.23. The molecule has 1 aromatic carbocycles. The van der Waals surface area contributed by atoms with Gasteiger partial charge >= 0.3 is 0 Å². The van der Waals surface area contributed by atoms with Gasteiger partial charge in [-0.05, 0) is 45.3 Å². The van der Waals surface area contributed by atoms with Crippen LogP contribution in [0.5, 0.6) is 5.75 Å². The third-order valence-electron chi connectivity index (χ3n) is 2.19. The Bertz CT molecular complexity index is 271. The lowest BCUT2D eigenvalue weighted by atomic mass is 10.3. The molecule has 0 aliphatic carbocycles. The second kappa shape index (κ2) is 5.23. The molecule has 1 unspecified atom stereocenters. The van der Waals surface area contributed by atoms with E-state index in [9.17, 15) is 0 Å². The first-order valence-electron chi connectivity index (χ1n) is 4.64. The van der Waals surface area contributed by atoms with Crippen molar-refractivity contribution in [2.45, 2.75) is 13.0 Å². The van der Waals surface area contributed by atoms with Crippen LogP contribution in [0.3, 0.4) is 0 Å². The summed E-state index contributed by atoms with van der Waals surface area (Å²) < 4.78 is 5.58. The average Bonchev–Trinajstić information content (AvgIpc) is 2.16. The van der Waals surface area contributed by atoms with E-state index in [1.54, 1.807) is 0 Å². The second-order valence-corrected chi connectivity index (χ2v) is 4.01. The largest absolute Gasteiger partial charge is 0.492 e. The zero-order chi connectivity index (χ0) is 10.6. The van der Waals surface area contributed by atoms with Gasteiger partial charge in [0.15, 0.2) is 0 Å². The van der Waals surface area contributed by atoms with Crippen LogP contribution < -0.4 is 4.74 Å². The monoisotopic (exact) mass is 213 g/mol. The number of hydrogen-bond donors (Lipinski definition) is 0. The minimum absolute atomic E-state index is 0.408. The molecule has 0 bridgehead atoms. The van der Waals surface area contributed by atoms with Gasteiger partial charge < -0.3 is 9.64 Å². The van der Waals surface area contributed by atoms with Crippen LogP contribution in [0.4, 0.5) is 0 Å². The summed E-state index contributed by atoms with van der Waals surface area (Å²) in [5, 5.41) is 0.734. The van der Waals surface area contributed by atoms with Crippen LogP contribution in [0.25, 0.3) is 0 Å². The molecule has 2 nitrogen and oxygen atoms in total. The zero-order valence-electron chi connectivity index (χ0n) is 8.83. The lowest BCUT2D eigenvalue weighted by Crippen LogP contribution is -2.30. The summed E-state index contributed by atoms with van der Waals surface area (Å²) in [6, 6.07) is 7.83. The normalized spacial score (nSPS) is 12.9. The average molecular weight is 214 g/mol. The summed E-state index contributed by atoms with van der Waals surface area (Å²) in [5.74, 6) is 0.864. The Morgan fingerprint density at radius 1 is 1.29 bits per heavy atom. The zero-order valence-corrected chi connectivity index (χ0v) is 9.58. The molecular formula is C11H16ClNO. The molecule has 1 aromatic rings. The number of hydrogen-bond acceptors (Lipinski definition) is 2. The van der Waals surface area contributed by atoms with E-state index >= 15 is 0 Å². The van der Waals surface area contributed by atoms with Crippen LogP contribution in [0, 0.1) is 0 Å². The third kappa shape index (κ3) is 3.56. The molecule has 0 aliphatic rings. The molecular weight excluding hydrogens is 198 g/mol. The van der Waals surface area contributed by atoms with E-state index in [-0.39, 0.29) is 0 Å². The maximum Gasteiger partial charge on any atom is 0.119 e. The highest BCUT2D eigenvalue weighted by Gasteiger charge is 2.04. The number of likely N-dealkylation sites (N-methyl/N-ethyl adjacent to an activating group) is 1. The molecule has 0 radical (unpaired) electrons. The van der Waals surface area contributed by atoms with Crippen molar-refractivity contribution < 1.29 is 4.74 Å². The second-order valence-electron chi connectivity index (χ2n) is 3.58. The third-order valence-corrected chi connectivity index (χ3v) is 2.44. The van der Waals surface area contributed by atoms with Crippen molar-refractivity contribution >= 4 is 11.6 Å². The Morgan fingerprint density at radius 2 is 1.86 bits per heavy atom.